The van der Waals surface area contributed by atoms with Crippen LogP contribution in [0.25, 0.3) is 100 Å². The largest absolute Gasteiger partial charge is 0.248 e. The Labute approximate surface area is 326 Å². The Morgan fingerprint density at radius 2 is 0.732 bits per heavy atom. The number of nitrogens with zero attached hydrogens (tertiary/aromatic N) is 3. The van der Waals surface area contributed by atoms with Gasteiger partial charge >= 0.3 is 0 Å². The van der Waals surface area contributed by atoms with E-state index in [1.54, 1.807) is 0 Å². The summed E-state index contributed by atoms with van der Waals surface area (Å²) in [6.45, 7) is 0. The minimum Gasteiger partial charge on any atom is -0.248 e. The molecule has 0 saturated heterocycles. The van der Waals surface area contributed by atoms with Crippen molar-refractivity contribution in [3.63, 3.8) is 0 Å². The maximum absolute atomic E-state index is 5.19. The molecule has 0 bridgehead atoms. The lowest BCUT2D eigenvalue weighted by Gasteiger charge is -2.14. The number of benzene rings is 8. The van der Waals surface area contributed by atoms with E-state index in [0.717, 1.165) is 61.5 Å². The minimum absolute atomic E-state index is 0.711. The Bertz CT molecular complexity index is 2920. The first-order chi connectivity index (χ1) is 27.7. The summed E-state index contributed by atoms with van der Waals surface area (Å²) in [6.07, 6.45) is 0. The van der Waals surface area contributed by atoms with E-state index in [9.17, 15) is 0 Å². The van der Waals surface area contributed by atoms with Crippen LogP contribution in [-0.4, -0.2) is 15.0 Å². The summed E-state index contributed by atoms with van der Waals surface area (Å²) in [5.74, 6) is 0.711. The third kappa shape index (κ3) is 6.42. The van der Waals surface area contributed by atoms with Crippen molar-refractivity contribution in [3.8, 4) is 78.5 Å². The van der Waals surface area contributed by atoms with E-state index in [2.05, 4.69) is 170 Å². The first-order valence-electron chi connectivity index (χ1n) is 18.9. The van der Waals surface area contributed by atoms with Crippen molar-refractivity contribution in [2.75, 3.05) is 0 Å². The zero-order valence-electron chi connectivity index (χ0n) is 30.5. The molecule has 0 amide bonds. The van der Waals surface area contributed by atoms with E-state index < -0.39 is 0 Å². The van der Waals surface area contributed by atoms with Crippen molar-refractivity contribution in [2.24, 2.45) is 0 Å². The highest BCUT2D eigenvalue weighted by molar-refractivity contribution is 6.14. The Morgan fingerprint density at radius 1 is 0.268 bits per heavy atom. The number of hydrogen-bond donors (Lipinski definition) is 0. The van der Waals surface area contributed by atoms with Gasteiger partial charge in [-0.1, -0.05) is 182 Å². The van der Waals surface area contributed by atoms with Crippen LogP contribution in [0.5, 0.6) is 0 Å². The molecule has 0 N–H and O–H groups in total. The van der Waals surface area contributed by atoms with Crippen LogP contribution in [-0.2, 0) is 0 Å². The van der Waals surface area contributed by atoms with Crippen LogP contribution in [0.2, 0.25) is 0 Å². The van der Waals surface area contributed by atoms with Gasteiger partial charge in [-0.05, 0) is 74.5 Å². The van der Waals surface area contributed by atoms with Gasteiger partial charge in [0, 0.05) is 27.6 Å². The molecule has 3 nitrogen and oxygen atoms in total. The van der Waals surface area contributed by atoms with E-state index in [1.165, 1.54) is 32.8 Å². The maximum atomic E-state index is 5.19. The zero-order chi connectivity index (χ0) is 37.3. The predicted octanol–water partition coefficient (Wildman–Crippen LogP) is 13.8. The molecule has 0 saturated carbocycles. The molecule has 0 radical (unpaired) electrons. The number of aromatic nitrogens is 3. The molecule has 262 valence electrons. The highest BCUT2D eigenvalue weighted by atomic mass is 14.9. The molecule has 0 aliphatic carbocycles. The minimum atomic E-state index is 0.711. The van der Waals surface area contributed by atoms with Crippen molar-refractivity contribution < 1.29 is 0 Å². The SMILES string of the molecule is c1ccc(-c2cc(-c3cccc(-c4ccc(-c5ccc6ccc7nc(-c8ccccc8)cc(-c8ccccc8)c7c6c5)cc4)c3)nc(-c3ccccc3)n2)cc1. The summed E-state index contributed by atoms with van der Waals surface area (Å²) in [7, 11) is 0. The van der Waals surface area contributed by atoms with Crippen molar-refractivity contribution in [1.29, 1.82) is 0 Å². The molecule has 56 heavy (non-hydrogen) atoms. The molecule has 0 atom stereocenters. The fraction of sp³-hybridized carbons (Fsp3) is 0. The average Bonchev–Trinajstić information content (AvgIpc) is 3.29. The van der Waals surface area contributed by atoms with Crippen LogP contribution >= 0.6 is 0 Å². The standard InChI is InChI=1S/C53H35N3/c1-5-14-38(15-6-1)47-34-49(40-16-7-2-8-17-40)54-48-31-30-39-28-29-44(33-46(39)52(47)48)37-26-24-36(25-27-37)43-22-13-23-45(32-43)51-35-50(41-18-9-3-10-19-41)55-53(56-51)42-20-11-4-12-21-42/h1-35H. The smallest absolute Gasteiger partial charge is 0.160 e. The van der Waals surface area contributed by atoms with E-state index in [-0.39, 0.29) is 0 Å². The van der Waals surface area contributed by atoms with Crippen LogP contribution in [0.3, 0.4) is 0 Å². The lowest BCUT2D eigenvalue weighted by molar-refractivity contribution is 1.18. The second-order valence-electron chi connectivity index (χ2n) is 14.0. The van der Waals surface area contributed by atoms with Gasteiger partial charge in [-0.25, -0.2) is 15.0 Å². The average molecular weight is 714 g/mol. The number of fused-ring (bicyclic) bond motifs is 3. The van der Waals surface area contributed by atoms with E-state index in [1.807, 2.05) is 42.5 Å². The van der Waals surface area contributed by atoms with Crippen molar-refractivity contribution in [3.05, 3.63) is 212 Å². The maximum Gasteiger partial charge on any atom is 0.160 e. The third-order valence-corrected chi connectivity index (χ3v) is 10.5. The summed E-state index contributed by atoms with van der Waals surface area (Å²) < 4.78 is 0. The highest BCUT2D eigenvalue weighted by Gasteiger charge is 2.15. The van der Waals surface area contributed by atoms with Gasteiger partial charge in [0.15, 0.2) is 5.82 Å². The van der Waals surface area contributed by atoms with Gasteiger partial charge in [0.1, 0.15) is 0 Å². The fourth-order valence-electron chi connectivity index (χ4n) is 7.62. The molecule has 10 rings (SSSR count). The zero-order valence-corrected chi connectivity index (χ0v) is 30.5. The Balaban J connectivity index is 1.03. The molecule has 0 aliphatic rings. The number of pyridine rings is 1. The highest BCUT2D eigenvalue weighted by Crippen LogP contribution is 2.39. The molecule has 0 aliphatic heterocycles. The molecule has 0 unspecified atom stereocenters. The van der Waals surface area contributed by atoms with Gasteiger partial charge in [-0.2, -0.15) is 0 Å². The van der Waals surface area contributed by atoms with Gasteiger partial charge in [-0.15, -0.1) is 0 Å². The molecule has 2 heterocycles. The van der Waals surface area contributed by atoms with Crippen LogP contribution in [0.4, 0.5) is 0 Å². The fourth-order valence-corrected chi connectivity index (χ4v) is 7.62. The predicted molar refractivity (Wildman–Crippen MR) is 233 cm³/mol. The third-order valence-electron chi connectivity index (χ3n) is 10.5. The molecule has 8 aromatic carbocycles. The molecule has 3 heteroatoms. The van der Waals surface area contributed by atoms with Crippen LogP contribution < -0.4 is 0 Å². The molecular formula is C53H35N3. The molecule has 10 aromatic rings. The van der Waals surface area contributed by atoms with Gasteiger partial charge in [0.25, 0.3) is 0 Å². The number of hydrogen-bond acceptors (Lipinski definition) is 3. The lowest BCUT2D eigenvalue weighted by atomic mass is 9.92. The lowest BCUT2D eigenvalue weighted by Crippen LogP contribution is -1.96. The van der Waals surface area contributed by atoms with Crippen LogP contribution in [0.1, 0.15) is 0 Å². The van der Waals surface area contributed by atoms with Crippen molar-refractivity contribution in [1.82, 2.24) is 15.0 Å². The van der Waals surface area contributed by atoms with Gasteiger partial charge < -0.3 is 0 Å². The van der Waals surface area contributed by atoms with Gasteiger partial charge in [0.2, 0.25) is 0 Å². The first kappa shape index (κ1) is 33.1. The topological polar surface area (TPSA) is 38.7 Å². The molecule has 2 aromatic heterocycles. The summed E-state index contributed by atoms with van der Waals surface area (Å²) in [5, 5.41) is 3.55. The first-order valence-corrected chi connectivity index (χ1v) is 18.9. The molecular weight excluding hydrogens is 679 g/mol. The Morgan fingerprint density at radius 3 is 1.36 bits per heavy atom. The van der Waals surface area contributed by atoms with Gasteiger partial charge in [-0.3, -0.25) is 0 Å². The van der Waals surface area contributed by atoms with Gasteiger partial charge in [0.05, 0.1) is 22.6 Å². The second kappa shape index (κ2) is 14.4. The summed E-state index contributed by atoms with van der Waals surface area (Å²) >= 11 is 0. The Hall–Kier alpha value is -7.49. The van der Waals surface area contributed by atoms with E-state index >= 15 is 0 Å². The van der Waals surface area contributed by atoms with E-state index in [0.29, 0.717) is 5.82 Å². The second-order valence-corrected chi connectivity index (χ2v) is 14.0. The van der Waals surface area contributed by atoms with Crippen LogP contribution in [0.15, 0.2) is 212 Å². The Kier molecular flexibility index (Phi) is 8.51. The summed E-state index contributed by atoms with van der Waals surface area (Å²) in [5.41, 5.74) is 14.9. The normalized spacial score (nSPS) is 11.2. The molecule has 0 fully saturated rings. The quantitative estimate of drug-likeness (QED) is 0.154. The molecule has 0 spiro atoms. The monoisotopic (exact) mass is 713 g/mol. The summed E-state index contributed by atoms with van der Waals surface area (Å²) in [4.78, 5) is 15.2. The van der Waals surface area contributed by atoms with Crippen LogP contribution in [0, 0.1) is 0 Å². The summed E-state index contributed by atoms with van der Waals surface area (Å²) in [6, 6.07) is 74.6. The van der Waals surface area contributed by atoms with Crippen molar-refractivity contribution in [2.45, 2.75) is 0 Å². The van der Waals surface area contributed by atoms with Crippen molar-refractivity contribution >= 4 is 21.7 Å². The van der Waals surface area contributed by atoms with E-state index in [4.69, 9.17) is 15.0 Å². The number of rotatable bonds is 7.